The molecule has 0 spiro atoms. The van der Waals surface area contributed by atoms with E-state index in [0.29, 0.717) is 12.0 Å². The van der Waals surface area contributed by atoms with Crippen LogP contribution in [0, 0.1) is 5.92 Å². The Morgan fingerprint density at radius 3 is 3.07 bits per heavy atom. The first-order valence-corrected chi connectivity index (χ1v) is 6.59. The first-order chi connectivity index (χ1) is 7.34. The normalized spacial score (nSPS) is 24.7. The Kier molecular flexibility index (Phi) is 2.28. The molecule has 15 heavy (non-hydrogen) atoms. The molecule has 1 aromatic heterocycles. The first kappa shape index (κ1) is 9.40. The molecule has 1 fully saturated rings. The van der Waals surface area contributed by atoms with Crippen LogP contribution in [0.5, 0.6) is 0 Å². The van der Waals surface area contributed by atoms with Gasteiger partial charge in [0.25, 0.3) is 0 Å². The van der Waals surface area contributed by atoms with E-state index in [0.717, 1.165) is 19.3 Å². The number of fused-ring (bicyclic) bond motifs is 1. The molecule has 1 amide bonds. The van der Waals surface area contributed by atoms with Crippen LogP contribution in [0.1, 0.15) is 42.2 Å². The molecular formula is C12H15NOS. The number of thiophene rings is 1. The smallest absolute Gasteiger partial charge is 0.223 e. The lowest BCUT2D eigenvalue weighted by Crippen LogP contribution is -2.31. The summed E-state index contributed by atoms with van der Waals surface area (Å²) < 4.78 is 0. The largest absolute Gasteiger partial charge is 0.349 e. The maximum Gasteiger partial charge on any atom is 0.223 e. The molecule has 1 atom stereocenters. The Morgan fingerprint density at radius 1 is 1.40 bits per heavy atom. The third-order valence-electron chi connectivity index (χ3n) is 3.32. The summed E-state index contributed by atoms with van der Waals surface area (Å²) >= 11 is 1.83. The van der Waals surface area contributed by atoms with Crippen molar-refractivity contribution in [3.05, 3.63) is 21.9 Å². The lowest BCUT2D eigenvalue weighted by molar-refractivity contribution is -0.123. The topological polar surface area (TPSA) is 29.1 Å². The van der Waals surface area contributed by atoms with E-state index in [-0.39, 0.29) is 5.91 Å². The maximum absolute atomic E-state index is 11.7. The van der Waals surface area contributed by atoms with E-state index < -0.39 is 0 Å². The third kappa shape index (κ3) is 1.81. The average Bonchev–Trinajstić information content (AvgIpc) is 2.97. The van der Waals surface area contributed by atoms with E-state index in [2.05, 4.69) is 16.8 Å². The second-order valence-corrected chi connectivity index (χ2v) is 5.53. The minimum absolute atomic E-state index is 0.277. The maximum atomic E-state index is 11.7. The Bertz CT molecular complexity index is 381. The van der Waals surface area contributed by atoms with Gasteiger partial charge in [0.2, 0.25) is 5.91 Å². The lowest BCUT2D eigenvalue weighted by atomic mass is 9.94. The summed E-state index contributed by atoms with van der Waals surface area (Å²) in [4.78, 5) is 13.2. The summed E-state index contributed by atoms with van der Waals surface area (Å²) in [6.45, 7) is 0. The van der Waals surface area contributed by atoms with Crippen molar-refractivity contribution >= 4 is 17.2 Å². The van der Waals surface area contributed by atoms with Gasteiger partial charge >= 0.3 is 0 Å². The van der Waals surface area contributed by atoms with Gasteiger partial charge in [-0.3, -0.25) is 4.79 Å². The molecule has 0 bridgehead atoms. The van der Waals surface area contributed by atoms with E-state index >= 15 is 0 Å². The molecule has 0 aromatic carbocycles. The predicted molar refractivity (Wildman–Crippen MR) is 60.9 cm³/mol. The Balaban J connectivity index is 1.74. The molecule has 2 aliphatic carbocycles. The Labute approximate surface area is 93.7 Å². The number of hydrogen-bond donors (Lipinski definition) is 1. The molecule has 0 radical (unpaired) electrons. The highest BCUT2D eigenvalue weighted by atomic mass is 32.1. The van der Waals surface area contributed by atoms with Gasteiger partial charge in [-0.1, -0.05) is 0 Å². The minimum atomic E-state index is 0.277. The molecule has 1 saturated carbocycles. The molecule has 80 valence electrons. The summed E-state index contributed by atoms with van der Waals surface area (Å²) in [5, 5.41) is 5.34. The van der Waals surface area contributed by atoms with Crippen LogP contribution >= 0.6 is 11.3 Å². The van der Waals surface area contributed by atoms with Crippen LogP contribution in [0.15, 0.2) is 11.4 Å². The van der Waals surface area contributed by atoms with Crippen molar-refractivity contribution < 1.29 is 4.79 Å². The first-order valence-electron chi connectivity index (χ1n) is 5.71. The van der Waals surface area contributed by atoms with Gasteiger partial charge in [0.05, 0.1) is 6.04 Å². The SMILES string of the molecule is O=C(NC1CCCc2sccc21)C1CC1. The van der Waals surface area contributed by atoms with E-state index in [1.165, 1.54) is 23.3 Å². The highest BCUT2D eigenvalue weighted by molar-refractivity contribution is 7.10. The molecule has 1 N–H and O–H groups in total. The van der Waals surface area contributed by atoms with Crippen LogP contribution in [0.4, 0.5) is 0 Å². The Morgan fingerprint density at radius 2 is 2.27 bits per heavy atom. The molecule has 3 rings (SSSR count). The van der Waals surface area contributed by atoms with E-state index in [1.54, 1.807) is 0 Å². The van der Waals surface area contributed by atoms with Crippen LogP contribution in [0.25, 0.3) is 0 Å². The number of carbonyl (C=O) groups excluding carboxylic acids is 1. The molecule has 0 saturated heterocycles. The second-order valence-electron chi connectivity index (χ2n) is 4.53. The quantitative estimate of drug-likeness (QED) is 0.817. The highest BCUT2D eigenvalue weighted by Crippen LogP contribution is 2.35. The van der Waals surface area contributed by atoms with Gasteiger partial charge in [-0.05, 0) is 49.1 Å². The van der Waals surface area contributed by atoms with Gasteiger partial charge in [-0.2, -0.15) is 0 Å². The van der Waals surface area contributed by atoms with Crippen molar-refractivity contribution in [2.24, 2.45) is 5.92 Å². The minimum Gasteiger partial charge on any atom is -0.349 e. The van der Waals surface area contributed by atoms with E-state index in [9.17, 15) is 4.79 Å². The standard InChI is InChI=1S/C12H15NOS/c14-12(8-4-5-8)13-10-2-1-3-11-9(10)6-7-15-11/h6-8,10H,1-5H2,(H,13,14). The average molecular weight is 221 g/mol. The van der Waals surface area contributed by atoms with Crippen LogP contribution < -0.4 is 5.32 Å². The highest BCUT2D eigenvalue weighted by Gasteiger charge is 2.32. The number of carbonyl (C=O) groups is 1. The van der Waals surface area contributed by atoms with Crippen molar-refractivity contribution in [2.75, 3.05) is 0 Å². The number of amides is 1. The van der Waals surface area contributed by atoms with E-state index in [1.807, 2.05) is 11.3 Å². The molecule has 1 aromatic rings. The zero-order valence-corrected chi connectivity index (χ0v) is 9.48. The van der Waals surface area contributed by atoms with Gasteiger partial charge in [-0.25, -0.2) is 0 Å². The van der Waals surface area contributed by atoms with Gasteiger partial charge in [0.15, 0.2) is 0 Å². The number of aryl methyl sites for hydroxylation is 1. The molecule has 1 unspecified atom stereocenters. The summed E-state index contributed by atoms with van der Waals surface area (Å²) in [6, 6.07) is 2.48. The van der Waals surface area contributed by atoms with Crippen LogP contribution in [0.2, 0.25) is 0 Å². The van der Waals surface area contributed by atoms with Gasteiger partial charge in [-0.15, -0.1) is 11.3 Å². The molecule has 0 aliphatic heterocycles. The number of rotatable bonds is 2. The Hall–Kier alpha value is -0.830. The van der Waals surface area contributed by atoms with Crippen molar-refractivity contribution in [2.45, 2.75) is 38.1 Å². The lowest BCUT2D eigenvalue weighted by Gasteiger charge is -2.23. The molecule has 2 aliphatic rings. The molecular weight excluding hydrogens is 206 g/mol. The zero-order chi connectivity index (χ0) is 10.3. The fourth-order valence-corrected chi connectivity index (χ4v) is 3.26. The zero-order valence-electron chi connectivity index (χ0n) is 8.66. The van der Waals surface area contributed by atoms with Crippen molar-refractivity contribution in [1.29, 1.82) is 0 Å². The monoisotopic (exact) mass is 221 g/mol. The van der Waals surface area contributed by atoms with Crippen molar-refractivity contribution in [3.63, 3.8) is 0 Å². The molecule has 3 heteroatoms. The summed E-state index contributed by atoms with van der Waals surface area (Å²) in [5.74, 6) is 0.605. The number of nitrogens with one attached hydrogen (secondary N) is 1. The van der Waals surface area contributed by atoms with Gasteiger partial charge in [0, 0.05) is 10.8 Å². The van der Waals surface area contributed by atoms with Gasteiger partial charge in [0.1, 0.15) is 0 Å². The second kappa shape index (κ2) is 3.63. The van der Waals surface area contributed by atoms with Crippen molar-refractivity contribution in [3.8, 4) is 0 Å². The van der Waals surface area contributed by atoms with Crippen LogP contribution in [-0.4, -0.2) is 5.91 Å². The summed E-state index contributed by atoms with van der Waals surface area (Å²) in [5.41, 5.74) is 1.38. The summed E-state index contributed by atoms with van der Waals surface area (Å²) in [7, 11) is 0. The predicted octanol–water partition coefficient (Wildman–Crippen LogP) is 2.65. The molecule has 2 nitrogen and oxygen atoms in total. The van der Waals surface area contributed by atoms with E-state index in [4.69, 9.17) is 0 Å². The third-order valence-corrected chi connectivity index (χ3v) is 4.31. The van der Waals surface area contributed by atoms with Crippen molar-refractivity contribution in [1.82, 2.24) is 5.32 Å². The fraction of sp³-hybridized carbons (Fsp3) is 0.583. The molecule has 1 heterocycles. The number of hydrogen-bond acceptors (Lipinski definition) is 2. The van der Waals surface area contributed by atoms with Crippen LogP contribution in [-0.2, 0) is 11.2 Å². The summed E-state index contributed by atoms with van der Waals surface area (Å²) in [6.07, 6.45) is 5.71. The van der Waals surface area contributed by atoms with Crippen LogP contribution in [0.3, 0.4) is 0 Å². The van der Waals surface area contributed by atoms with Gasteiger partial charge < -0.3 is 5.32 Å². The fourth-order valence-electron chi connectivity index (χ4n) is 2.27.